The number of allylic oxidation sites excluding steroid dienone is 5. The topological polar surface area (TPSA) is 40.1 Å². The van der Waals surface area contributed by atoms with Crippen LogP contribution in [0.5, 0.6) is 0 Å². The number of aliphatic carboxylic acids is 1. The molecule has 0 saturated heterocycles. The average molecular weight is 274 g/mol. The van der Waals surface area contributed by atoms with Crippen molar-refractivity contribution in [2.24, 2.45) is 5.92 Å². The molecule has 0 aliphatic carbocycles. The summed E-state index contributed by atoms with van der Waals surface area (Å²) in [7, 11) is 0. The van der Waals surface area contributed by atoms with Crippen molar-refractivity contribution in [2.75, 3.05) is 0 Å². The fourth-order valence-corrected chi connectivity index (χ4v) is 1.49. The molecule has 0 amide bonds. The Morgan fingerprint density at radius 3 is 2.39 bits per heavy atom. The van der Waals surface area contributed by atoms with Gasteiger partial charge in [-0.3, -0.25) is 0 Å². The molecule has 0 spiro atoms. The molecule has 0 aromatic heterocycles. The molecular formula is C15H23KO2. The van der Waals surface area contributed by atoms with Crippen LogP contribution in [0.15, 0.2) is 35.5 Å². The Hall–Kier alpha value is 0.326. The van der Waals surface area contributed by atoms with E-state index in [9.17, 15) is 9.90 Å². The van der Waals surface area contributed by atoms with Crippen molar-refractivity contribution in [3.05, 3.63) is 35.5 Å². The molecule has 0 heterocycles. The summed E-state index contributed by atoms with van der Waals surface area (Å²) in [6.07, 6.45) is 10.5. The van der Waals surface area contributed by atoms with Gasteiger partial charge in [-0.15, -0.1) is 0 Å². The van der Waals surface area contributed by atoms with Gasteiger partial charge >= 0.3 is 51.4 Å². The predicted octanol–water partition coefficient (Wildman–Crippen LogP) is 0.0154. The van der Waals surface area contributed by atoms with Crippen LogP contribution >= 0.6 is 0 Å². The van der Waals surface area contributed by atoms with Crippen molar-refractivity contribution >= 4 is 5.97 Å². The summed E-state index contributed by atoms with van der Waals surface area (Å²) < 4.78 is 0. The minimum atomic E-state index is -1.14. The maximum Gasteiger partial charge on any atom is 1.00 e. The van der Waals surface area contributed by atoms with Crippen LogP contribution in [-0.2, 0) is 4.79 Å². The van der Waals surface area contributed by atoms with Gasteiger partial charge in [-0.1, -0.05) is 30.7 Å². The summed E-state index contributed by atoms with van der Waals surface area (Å²) >= 11 is 0. The van der Waals surface area contributed by atoms with Crippen LogP contribution in [0.3, 0.4) is 0 Å². The van der Waals surface area contributed by atoms with Crippen LogP contribution in [0.2, 0.25) is 0 Å². The van der Waals surface area contributed by atoms with Crippen molar-refractivity contribution in [3.63, 3.8) is 0 Å². The molecule has 0 aliphatic heterocycles. The van der Waals surface area contributed by atoms with Crippen molar-refractivity contribution < 1.29 is 61.3 Å². The zero-order valence-corrected chi connectivity index (χ0v) is 15.4. The number of carboxylic acid groups (broad SMARTS) is 1. The molecule has 0 aromatic rings. The molecule has 1 unspecified atom stereocenters. The van der Waals surface area contributed by atoms with Gasteiger partial charge in [0.1, 0.15) is 0 Å². The molecule has 0 saturated carbocycles. The molecule has 0 N–H and O–H groups in total. The van der Waals surface area contributed by atoms with Gasteiger partial charge < -0.3 is 9.90 Å². The number of hydrogen-bond acceptors (Lipinski definition) is 2. The first-order chi connectivity index (χ1) is 7.91. The molecule has 0 rings (SSSR count). The first-order valence-electron chi connectivity index (χ1n) is 6.11. The van der Waals surface area contributed by atoms with Gasteiger partial charge in [0.25, 0.3) is 0 Å². The fraction of sp³-hybridized carbons (Fsp3) is 0.533. The molecule has 18 heavy (non-hydrogen) atoms. The molecule has 3 heteroatoms. The fourth-order valence-electron chi connectivity index (χ4n) is 1.49. The third-order valence-electron chi connectivity index (χ3n) is 2.48. The Balaban J connectivity index is 0. The molecule has 0 aliphatic rings. The molecular weight excluding hydrogens is 251 g/mol. The zero-order valence-electron chi connectivity index (χ0n) is 12.3. The number of carbonyl (C=O) groups is 1. The van der Waals surface area contributed by atoms with E-state index in [4.69, 9.17) is 0 Å². The van der Waals surface area contributed by atoms with E-state index in [2.05, 4.69) is 26.8 Å². The van der Waals surface area contributed by atoms with Crippen LogP contribution < -0.4 is 56.5 Å². The Labute approximate surface area is 154 Å². The monoisotopic (exact) mass is 274 g/mol. The molecule has 1 atom stereocenters. The number of carbonyl (C=O) groups excluding carboxylic acids is 1. The van der Waals surface area contributed by atoms with Crippen molar-refractivity contribution in [1.29, 1.82) is 0 Å². The predicted molar refractivity (Wildman–Crippen MR) is 70.4 cm³/mol. The Bertz CT molecular complexity index is 323. The van der Waals surface area contributed by atoms with E-state index >= 15 is 0 Å². The largest absolute Gasteiger partial charge is 1.00 e. The summed E-state index contributed by atoms with van der Waals surface area (Å²) in [6, 6.07) is 0. The normalized spacial score (nSPS) is 13.0. The first kappa shape index (κ1) is 20.6. The molecule has 0 fully saturated rings. The first-order valence-corrected chi connectivity index (χ1v) is 6.11. The minimum absolute atomic E-state index is 0. The quantitative estimate of drug-likeness (QED) is 0.284. The van der Waals surface area contributed by atoms with E-state index in [1.54, 1.807) is 6.92 Å². The number of carboxylic acids is 1. The Morgan fingerprint density at radius 1 is 1.28 bits per heavy atom. The summed E-state index contributed by atoms with van der Waals surface area (Å²) in [5.41, 5.74) is 2.09. The van der Waals surface area contributed by atoms with Gasteiger partial charge in [0.05, 0.1) is 5.97 Å². The van der Waals surface area contributed by atoms with Gasteiger partial charge in [-0.2, -0.15) is 0 Å². The SMILES string of the molecule is CC(C)=CCCC(C)C/C=C/C(C)=C/C(=O)[O-].[K+]. The van der Waals surface area contributed by atoms with E-state index in [0.717, 1.165) is 24.5 Å². The van der Waals surface area contributed by atoms with E-state index in [1.165, 1.54) is 12.0 Å². The second-order valence-electron chi connectivity index (χ2n) is 4.81. The number of rotatable bonds is 7. The molecule has 2 nitrogen and oxygen atoms in total. The number of hydrogen-bond donors (Lipinski definition) is 0. The van der Waals surface area contributed by atoms with E-state index in [-0.39, 0.29) is 51.4 Å². The zero-order chi connectivity index (χ0) is 13.3. The van der Waals surface area contributed by atoms with Gasteiger partial charge in [0.15, 0.2) is 0 Å². The molecule has 96 valence electrons. The van der Waals surface area contributed by atoms with Crippen molar-refractivity contribution in [3.8, 4) is 0 Å². The molecule has 0 radical (unpaired) electrons. The molecule has 0 bridgehead atoms. The van der Waals surface area contributed by atoms with Crippen LogP contribution in [0.1, 0.15) is 47.0 Å². The Morgan fingerprint density at radius 2 is 1.89 bits per heavy atom. The van der Waals surface area contributed by atoms with E-state index in [1.807, 2.05) is 12.2 Å². The maximum atomic E-state index is 10.3. The van der Waals surface area contributed by atoms with Crippen LogP contribution in [-0.4, -0.2) is 5.97 Å². The van der Waals surface area contributed by atoms with Gasteiger partial charge in [0, 0.05) is 0 Å². The second-order valence-corrected chi connectivity index (χ2v) is 4.81. The third-order valence-corrected chi connectivity index (χ3v) is 2.48. The minimum Gasteiger partial charge on any atom is -0.545 e. The summed E-state index contributed by atoms with van der Waals surface area (Å²) in [5, 5.41) is 10.3. The summed E-state index contributed by atoms with van der Waals surface area (Å²) in [6.45, 7) is 8.19. The van der Waals surface area contributed by atoms with Crippen molar-refractivity contribution in [2.45, 2.75) is 47.0 Å². The maximum absolute atomic E-state index is 10.3. The Kier molecular flexibility index (Phi) is 14.2. The van der Waals surface area contributed by atoms with Crippen LogP contribution in [0.25, 0.3) is 0 Å². The van der Waals surface area contributed by atoms with Crippen molar-refractivity contribution in [1.82, 2.24) is 0 Å². The molecule has 0 aromatic carbocycles. The van der Waals surface area contributed by atoms with Crippen LogP contribution in [0, 0.1) is 5.92 Å². The second kappa shape index (κ2) is 12.4. The average Bonchev–Trinajstić information content (AvgIpc) is 2.15. The van der Waals surface area contributed by atoms with Crippen LogP contribution in [0.4, 0.5) is 0 Å². The van der Waals surface area contributed by atoms with E-state index < -0.39 is 5.97 Å². The van der Waals surface area contributed by atoms with Gasteiger partial charge in [0.2, 0.25) is 0 Å². The summed E-state index contributed by atoms with van der Waals surface area (Å²) in [4.78, 5) is 10.3. The smallest absolute Gasteiger partial charge is 0.545 e. The summed E-state index contributed by atoms with van der Waals surface area (Å²) in [5.74, 6) is -0.513. The van der Waals surface area contributed by atoms with E-state index in [0.29, 0.717) is 5.92 Å². The van der Waals surface area contributed by atoms with Gasteiger partial charge in [-0.25, -0.2) is 0 Å². The standard InChI is InChI=1S/C15H24O2.K/c1-12(2)7-5-8-13(3)9-6-10-14(4)11-15(16)17;/h6-7,10-11,13H,5,8-9H2,1-4H3,(H,16,17);/q;+1/p-1/b10-6+,14-11+;. The third kappa shape index (κ3) is 14.4. The van der Waals surface area contributed by atoms with Gasteiger partial charge in [-0.05, 0) is 57.6 Å².